The zero-order valence-corrected chi connectivity index (χ0v) is 16.5. The summed E-state index contributed by atoms with van der Waals surface area (Å²) in [5, 5.41) is 5.52. The van der Waals surface area contributed by atoms with Gasteiger partial charge in [0.1, 0.15) is 17.8 Å². The fourth-order valence-corrected chi connectivity index (χ4v) is 3.40. The number of carbonyl (C=O) groups excluding carboxylic acids is 3. The highest BCUT2D eigenvalue weighted by molar-refractivity contribution is 6.10. The number of methoxy groups -OCH3 is 1. The predicted molar refractivity (Wildman–Crippen MR) is 102 cm³/mol. The Kier molecular flexibility index (Phi) is 4.66. The minimum atomic E-state index is -0.888. The maximum absolute atomic E-state index is 12.7. The topological polar surface area (TPSA) is 87.7 Å². The van der Waals surface area contributed by atoms with E-state index in [1.165, 1.54) is 7.11 Å². The van der Waals surface area contributed by atoms with Crippen LogP contribution in [-0.4, -0.2) is 41.9 Å². The second-order valence-electron chi connectivity index (χ2n) is 8.51. The van der Waals surface area contributed by atoms with Crippen LogP contribution in [0.15, 0.2) is 18.2 Å². The highest BCUT2D eigenvalue weighted by Crippen LogP contribution is 2.42. The summed E-state index contributed by atoms with van der Waals surface area (Å²) in [6, 6.07) is 5.10. The lowest BCUT2D eigenvalue weighted by Crippen LogP contribution is -2.46. The fraction of sp³-hybridized carbons (Fsp3) is 0.550. The molecule has 27 heavy (non-hydrogen) atoms. The van der Waals surface area contributed by atoms with E-state index >= 15 is 0 Å². The van der Waals surface area contributed by atoms with Crippen molar-refractivity contribution < 1.29 is 19.1 Å². The molecule has 1 aromatic rings. The van der Waals surface area contributed by atoms with Crippen LogP contribution in [0.3, 0.4) is 0 Å². The molecule has 1 saturated heterocycles. The molecule has 0 radical (unpaired) electrons. The Morgan fingerprint density at radius 2 is 2.00 bits per heavy atom. The van der Waals surface area contributed by atoms with Crippen LogP contribution in [0.4, 0.5) is 10.5 Å². The Balaban J connectivity index is 1.74. The average Bonchev–Trinajstić information content (AvgIpc) is 3.40. The first-order chi connectivity index (χ1) is 12.6. The molecular weight excluding hydrogens is 346 g/mol. The number of hydrogen-bond donors (Lipinski definition) is 2. The minimum absolute atomic E-state index is 0.0946. The van der Waals surface area contributed by atoms with Crippen molar-refractivity contribution in [1.82, 2.24) is 10.2 Å². The summed E-state index contributed by atoms with van der Waals surface area (Å²) in [6.07, 6.45) is 1.83. The molecule has 0 spiro atoms. The first-order valence-electron chi connectivity index (χ1n) is 9.18. The maximum atomic E-state index is 12.7. The van der Waals surface area contributed by atoms with Gasteiger partial charge in [0.05, 0.1) is 12.8 Å². The minimum Gasteiger partial charge on any atom is -0.495 e. The van der Waals surface area contributed by atoms with Crippen molar-refractivity contribution in [2.75, 3.05) is 19.0 Å². The number of anilines is 1. The number of rotatable bonds is 5. The molecule has 2 aliphatic rings. The van der Waals surface area contributed by atoms with Crippen molar-refractivity contribution >= 4 is 23.5 Å². The molecule has 7 heteroatoms. The second kappa shape index (κ2) is 6.55. The highest BCUT2D eigenvalue weighted by atomic mass is 16.5. The first-order valence-corrected chi connectivity index (χ1v) is 9.18. The van der Waals surface area contributed by atoms with Gasteiger partial charge in [-0.1, -0.05) is 26.8 Å². The molecule has 2 N–H and O–H groups in total. The van der Waals surface area contributed by atoms with Gasteiger partial charge in [-0.25, -0.2) is 4.79 Å². The van der Waals surface area contributed by atoms with Gasteiger partial charge in [0.25, 0.3) is 5.91 Å². The molecule has 1 aromatic carbocycles. The first kappa shape index (κ1) is 19.2. The third-order valence-corrected chi connectivity index (χ3v) is 5.34. The van der Waals surface area contributed by atoms with Crippen molar-refractivity contribution in [3.05, 3.63) is 23.8 Å². The Morgan fingerprint density at radius 3 is 2.56 bits per heavy atom. The lowest BCUT2D eigenvalue weighted by Gasteiger charge is -2.22. The van der Waals surface area contributed by atoms with Crippen molar-refractivity contribution in [2.24, 2.45) is 5.92 Å². The van der Waals surface area contributed by atoms with Gasteiger partial charge >= 0.3 is 6.03 Å². The molecule has 0 unspecified atom stereocenters. The summed E-state index contributed by atoms with van der Waals surface area (Å²) in [5.74, 6) is -0.0922. The molecule has 1 aliphatic carbocycles. The number of urea groups is 1. The van der Waals surface area contributed by atoms with Crippen LogP contribution in [0.5, 0.6) is 5.75 Å². The molecule has 1 atom stereocenters. The number of nitrogens with one attached hydrogen (secondary N) is 2. The van der Waals surface area contributed by atoms with Gasteiger partial charge in [0.15, 0.2) is 0 Å². The van der Waals surface area contributed by atoms with Crippen LogP contribution in [0.25, 0.3) is 0 Å². The zero-order valence-electron chi connectivity index (χ0n) is 16.5. The molecule has 1 heterocycles. The number of nitrogens with zero attached hydrogens (tertiary/aromatic N) is 1. The van der Waals surface area contributed by atoms with Gasteiger partial charge in [-0.15, -0.1) is 0 Å². The third-order valence-electron chi connectivity index (χ3n) is 5.34. The quantitative estimate of drug-likeness (QED) is 0.777. The predicted octanol–water partition coefficient (Wildman–Crippen LogP) is 2.65. The molecule has 0 bridgehead atoms. The summed E-state index contributed by atoms with van der Waals surface area (Å²) in [7, 11) is 1.53. The van der Waals surface area contributed by atoms with Gasteiger partial charge < -0.3 is 15.4 Å². The Morgan fingerprint density at radius 1 is 1.33 bits per heavy atom. The van der Waals surface area contributed by atoms with E-state index in [2.05, 4.69) is 31.4 Å². The average molecular weight is 373 g/mol. The molecule has 7 nitrogen and oxygen atoms in total. The molecule has 3 rings (SSSR count). The SMILES string of the molecule is COc1ccc(C(C)(C)C)cc1NC(=O)CN1C(=O)N[C@@](C)(C2CC2)C1=O. The van der Waals surface area contributed by atoms with Gasteiger partial charge in [-0.2, -0.15) is 0 Å². The standard InChI is InChI=1S/C20H27N3O4/c1-19(2,3)13-8-9-15(27-5)14(10-13)21-16(24)11-23-17(25)20(4,12-6-7-12)22-18(23)26/h8-10,12H,6-7,11H2,1-5H3,(H,21,24)(H,22,26)/t20-/m0/s1. The number of carbonyl (C=O) groups is 3. The summed E-state index contributed by atoms with van der Waals surface area (Å²) in [4.78, 5) is 38.4. The Hall–Kier alpha value is -2.57. The summed E-state index contributed by atoms with van der Waals surface area (Å²) < 4.78 is 5.32. The summed E-state index contributed by atoms with van der Waals surface area (Å²) >= 11 is 0. The van der Waals surface area contributed by atoms with Crippen molar-refractivity contribution in [3.8, 4) is 5.75 Å². The number of ether oxygens (including phenoxy) is 1. The number of amides is 4. The molecule has 2 fully saturated rings. The van der Waals surface area contributed by atoms with Crippen molar-refractivity contribution in [2.45, 2.75) is 51.5 Å². The highest BCUT2D eigenvalue weighted by Gasteiger charge is 2.56. The van der Waals surface area contributed by atoms with E-state index in [1.807, 2.05) is 12.1 Å². The molecule has 146 valence electrons. The van der Waals surface area contributed by atoms with Crippen LogP contribution in [0.1, 0.15) is 46.1 Å². The van der Waals surface area contributed by atoms with Gasteiger partial charge in [-0.05, 0) is 48.8 Å². The lowest BCUT2D eigenvalue weighted by atomic mass is 9.87. The van der Waals surface area contributed by atoms with E-state index in [0.717, 1.165) is 23.3 Å². The van der Waals surface area contributed by atoms with Gasteiger partial charge in [0.2, 0.25) is 5.91 Å². The fourth-order valence-electron chi connectivity index (χ4n) is 3.40. The van der Waals surface area contributed by atoms with Gasteiger partial charge in [0, 0.05) is 0 Å². The van der Waals surface area contributed by atoms with Crippen LogP contribution >= 0.6 is 0 Å². The molecule has 0 aromatic heterocycles. The van der Waals surface area contributed by atoms with Crippen LogP contribution in [-0.2, 0) is 15.0 Å². The maximum Gasteiger partial charge on any atom is 0.325 e. The molecule has 4 amide bonds. The van der Waals surface area contributed by atoms with E-state index in [1.54, 1.807) is 13.0 Å². The largest absolute Gasteiger partial charge is 0.495 e. The van der Waals surface area contributed by atoms with Crippen LogP contribution in [0.2, 0.25) is 0 Å². The monoisotopic (exact) mass is 373 g/mol. The van der Waals surface area contributed by atoms with E-state index in [0.29, 0.717) is 11.4 Å². The van der Waals surface area contributed by atoms with Gasteiger partial charge in [-0.3, -0.25) is 14.5 Å². The number of benzene rings is 1. The van der Waals surface area contributed by atoms with Crippen LogP contribution < -0.4 is 15.4 Å². The van der Waals surface area contributed by atoms with E-state index in [9.17, 15) is 14.4 Å². The number of hydrogen-bond acceptors (Lipinski definition) is 4. The molecule has 1 aliphatic heterocycles. The number of imide groups is 1. The Bertz CT molecular complexity index is 795. The molecular formula is C20H27N3O4. The normalized spacial score (nSPS) is 22.6. The summed E-state index contributed by atoms with van der Waals surface area (Å²) in [6.45, 7) is 7.64. The zero-order chi connectivity index (χ0) is 20.0. The van der Waals surface area contributed by atoms with Crippen LogP contribution in [0, 0.1) is 5.92 Å². The van der Waals surface area contributed by atoms with Crippen molar-refractivity contribution in [3.63, 3.8) is 0 Å². The van der Waals surface area contributed by atoms with Crippen molar-refractivity contribution in [1.29, 1.82) is 0 Å². The second-order valence-corrected chi connectivity index (χ2v) is 8.51. The Labute approximate surface area is 159 Å². The summed E-state index contributed by atoms with van der Waals surface area (Å²) in [5.41, 5.74) is 0.575. The smallest absolute Gasteiger partial charge is 0.325 e. The lowest BCUT2D eigenvalue weighted by molar-refractivity contribution is -0.134. The van der Waals surface area contributed by atoms with E-state index in [4.69, 9.17) is 4.74 Å². The molecule has 1 saturated carbocycles. The third kappa shape index (κ3) is 3.63. The van der Waals surface area contributed by atoms with E-state index in [-0.39, 0.29) is 23.8 Å². The van der Waals surface area contributed by atoms with E-state index < -0.39 is 17.5 Å².